The molecule has 1 aliphatic carbocycles. The molecule has 0 radical (unpaired) electrons. The smallest absolute Gasteiger partial charge is 0.246 e. The predicted molar refractivity (Wildman–Crippen MR) is 211 cm³/mol. The van der Waals surface area contributed by atoms with E-state index in [4.69, 9.17) is 11.1 Å². The van der Waals surface area contributed by atoms with Gasteiger partial charge in [-0.3, -0.25) is 29.4 Å². The number of amides is 5. The van der Waals surface area contributed by atoms with Crippen LogP contribution in [0.4, 0.5) is 0 Å². The highest BCUT2D eigenvalue weighted by atomic mass is 16.2. The number of hydrogen-bond acceptors (Lipinski definition) is 6. The van der Waals surface area contributed by atoms with E-state index in [2.05, 4.69) is 21.3 Å². The first-order valence-electron chi connectivity index (χ1n) is 20.2. The van der Waals surface area contributed by atoms with Gasteiger partial charge in [-0.2, -0.15) is 0 Å². The molecule has 2 aliphatic heterocycles. The summed E-state index contributed by atoms with van der Waals surface area (Å²) in [6.45, 7) is 4.79. The van der Waals surface area contributed by atoms with Crippen LogP contribution >= 0.6 is 0 Å². The summed E-state index contributed by atoms with van der Waals surface area (Å²) >= 11 is 0. The van der Waals surface area contributed by atoms with Crippen LogP contribution < -0.4 is 27.0 Å². The number of rotatable bonds is 15. The first-order chi connectivity index (χ1) is 26.5. The zero-order valence-corrected chi connectivity index (χ0v) is 32.5. The molecule has 0 aromatic heterocycles. The molecule has 1 saturated heterocycles. The number of benzene rings is 2. The van der Waals surface area contributed by atoms with E-state index in [1.54, 1.807) is 9.80 Å². The quantitative estimate of drug-likeness (QED) is 0.118. The van der Waals surface area contributed by atoms with Crippen LogP contribution in [0.1, 0.15) is 101 Å². The molecule has 3 aliphatic rings. The van der Waals surface area contributed by atoms with Crippen molar-refractivity contribution in [2.75, 3.05) is 13.1 Å². The second kappa shape index (κ2) is 20.1. The normalized spacial score (nSPS) is 19.3. The maximum Gasteiger partial charge on any atom is 0.246 e. The van der Waals surface area contributed by atoms with E-state index < -0.39 is 36.0 Å². The van der Waals surface area contributed by atoms with E-state index in [0.29, 0.717) is 51.2 Å². The Labute approximate surface area is 325 Å². The second-order valence-corrected chi connectivity index (χ2v) is 15.6. The van der Waals surface area contributed by atoms with Gasteiger partial charge in [-0.05, 0) is 54.2 Å². The third-order valence-corrected chi connectivity index (χ3v) is 11.5. The topological polar surface area (TPSA) is 190 Å². The van der Waals surface area contributed by atoms with Gasteiger partial charge in [-0.25, -0.2) is 0 Å². The van der Waals surface area contributed by atoms with Gasteiger partial charge in [-0.1, -0.05) is 106 Å². The average Bonchev–Trinajstić information content (AvgIpc) is 3.20. The molecule has 2 fully saturated rings. The number of piperidine rings is 1. The Bertz CT molecular complexity index is 1640. The van der Waals surface area contributed by atoms with Crippen LogP contribution in [0.3, 0.4) is 0 Å². The molecule has 13 heteroatoms. The first kappa shape index (κ1) is 41.2. The van der Waals surface area contributed by atoms with Crippen LogP contribution in [0.25, 0.3) is 0 Å². The molecule has 5 amide bonds. The van der Waals surface area contributed by atoms with Gasteiger partial charge >= 0.3 is 0 Å². The number of likely N-dealkylation sites (tertiary alicyclic amines) is 1. The Morgan fingerprint density at radius 2 is 1.51 bits per heavy atom. The van der Waals surface area contributed by atoms with Crippen LogP contribution in [0.2, 0.25) is 0 Å². The summed E-state index contributed by atoms with van der Waals surface area (Å²) in [5.74, 6) is -1.89. The number of fused-ring (bicyclic) bond motifs is 1. The van der Waals surface area contributed by atoms with Crippen molar-refractivity contribution in [3.05, 3.63) is 71.3 Å². The largest absolute Gasteiger partial charge is 0.370 e. The SMILES string of the molecule is CCCC[C@H](NC(=O)[C@@H]1Cc2ccccc2CN1C(=O)[C@@H](NC(=O)[C@H](CC1CCCCC1)NC(C)=O)C1CCN(C(=N)N)CC1)C(=O)NCc1ccccc1. The third-order valence-electron chi connectivity index (χ3n) is 11.5. The fourth-order valence-electron chi connectivity index (χ4n) is 8.36. The lowest BCUT2D eigenvalue weighted by molar-refractivity contribution is -0.147. The Balaban J connectivity index is 1.41. The van der Waals surface area contributed by atoms with Gasteiger partial charge in [0.15, 0.2) is 5.96 Å². The fraction of sp³-hybridized carbons (Fsp3) is 0.571. The molecule has 1 saturated carbocycles. The van der Waals surface area contributed by atoms with E-state index in [9.17, 15) is 19.2 Å². The third kappa shape index (κ3) is 11.5. The molecule has 2 heterocycles. The van der Waals surface area contributed by atoms with Crippen molar-refractivity contribution in [3.8, 4) is 0 Å². The first-order valence-corrected chi connectivity index (χ1v) is 20.2. The van der Waals surface area contributed by atoms with Crippen molar-refractivity contribution < 1.29 is 24.0 Å². The number of unbranched alkanes of at least 4 members (excludes halogenated alkanes) is 1. The molecule has 0 spiro atoms. The Morgan fingerprint density at radius 3 is 2.16 bits per heavy atom. The zero-order valence-electron chi connectivity index (χ0n) is 32.5. The number of guanidine groups is 1. The molecule has 55 heavy (non-hydrogen) atoms. The summed E-state index contributed by atoms with van der Waals surface area (Å²) in [5, 5.41) is 19.9. The lowest BCUT2D eigenvalue weighted by Crippen LogP contribution is -2.63. The van der Waals surface area contributed by atoms with Gasteiger partial charge in [0.2, 0.25) is 29.5 Å². The van der Waals surface area contributed by atoms with Crippen molar-refractivity contribution in [1.82, 2.24) is 31.1 Å². The molecule has 298 valence electrons. The summed E-state index contributed by atoms with van der Waals surface area (Å²) < 4.78 is 0. The molecule has 13 nitrogen and oxygen atoms in total. The van der Waals surface area contributed by atoms with Gasteiger partial charge in [0.05, 0.1) is 0 Å². The fourth-order valence-corrected chi connectivity index (χ4v) is 8.36. The van der Waals surface area contributed by atoms with Crippen LogP contribution in [0.15, 0.2) is 54.6 Å². The molecule has 5 rings (SSSR count). The van der Waals surface area contributed by atoms with Crippen LogP contribution in [-0.2, 0) is 43.5 Å². The van der Waals surface area contributed by atoms with E-state index in [1.807, 2.05) is 61.5 Å². The van der Waals surface area contributed by atoms with Crippen molar-refractivity contribution in [3.63, 3.8) is 0 Å². The van der Waals surface area contributed by atoms with Crippen LogP contribution in [0.5, 0.6) is 0 Å². The van der Waals surface area contributed by atoms with Crippen molar-refractivity contribution in [2.24, 2.45) is 17.6 Å². The number of nitrogens with two attached hydrogens (primary N) is 1. The van der Waals surface area contributed by atoms with Gasteiger partial charge in [0, 0.05) is 39.5 Å². The summed E-state index contributed by atoms with van der Waals surface area (Å²) in [6.07, 6.45) is 9.04. The van der Waals surface area contributed by atoms with E-state index in [0.717, 1.165) is 61.6 Å². The van der Waals surface area contributed by atoms with Crippen molar-refractivity contribution in [2.45, 2.75) is 128 Å². The van der Waals surface area contributed by atoms with Gasteiger partial charge in [0.1, 0.15) is 24.2 Å². The lowest BCUT2D eigenvalue weighted by atomic mass is 9.84. The number of nitrogens with zero attached hydrogens (tertiary/aromatic N) is 2. The van der Waals surface area contributed by atoms with Crippen LogP contribution in [-0.4, -0.2) is 82.6 Å². The highest BCUT2D eigenvalue weighted by Crippen LogP contribution is 2.30. The van der Waals surface area contributed by atoms with Gasteiger partial charge in [0.25, 0.3) is 0 Å². The van der Waals surface area contributed by atoms with E-state index >= 15 is 4.79 Å². The molecule has 2 aromatic carbocycles. The zero-order chi connectivity index (χ0) is 39.3. The molecule has 0 bridgehead atoms. The van der Waals surface area contributed by atoms with E-state index in [1.165, 1.54) is 6.92 Å². The molecular weight excluding hydrogens is 697 g/mol. The molecule has 2 aromatic rings. The highest BCUT2D eigenvalue weighted by Gasteiger charge is 2.43. The lowest BCUT2D eigenvalue weighted by Gasteiger charge is -2.42. The van der Waals surface area contributed by atoms with Crippen LogP contribution in [0, 0.1) is 17.2 Å². The molecule has 0 unspecified atom stereocenters. The summed E-state index contributed by atoms with van der Waals surface area (Å²) in [4.78, 5) is 72.8. The maximum atomic E-state index is 15.0. The monoisotopic (exact) mass is 756 g/mol. The Morgan fingerprint density at radius 1 is 0.836 bits per heavy atom. The number of carbonyl (C=O) groups is 5. The van der Waals surface area contributed by atoms with Crippen molar-refractivity contribution >= 4 is 35.5 Å². The highest BCUT2D eigenvalue weighted by molar-refractivity contribution is 5.96. The minimum atomic E-state index is -0.991. The summed E-state index contributed by atoms with van der Waals surface area (Å²) in [5.41, 5.74) is 8.61. The second-order valence-electron chi connectivity index (χ2n) is 15.6. The number of hydrogen-bond donors (Lipinski definition) is 6. The minimum Gasteiger partial charge on any atom is -0.370 e. The standard InChI is InChI=1S/C42H60N8O5/c1-3-4-19-34(38(52)45-26-30-15-9-6-10-16-30)47-40(54)36-25-32-17-11-12-18-33(32)27-50(36)41(55)37(31-20-22-49(23-21-31)42(43)44)48-39(53)35(46-28(2)51)24-29-13-7-5-8-14-29/h6,9-12,15-18,29,31,34-37H,3-5,7-8,13-14,19-27H2,1-2H3,(H3,43,44)(H,45,52)(H,46,51)(H,47,54)(H,48,53)/t34-,35-,36-,37-/m0/s1. The van der Waals surface area contributed by atoms with E-state index in [-0.39, 0.29) is 42.6 Å². The predicted octanol–water partition coefficient (Wildman–Crippen LogP) is 3.50. The Kier molecular flexibility index (Phi) is 15.1. The summed E-state index contributed by atoms with van der Waals surface area (Å²) in [7, 11) is 0. The number of nitrogens with one attached hydrogen (secondary N) is 5. The van der Waals surface area contributed by atoms with Gasteiger partial charge in [-0.15, -0.1) is 0 Å². The molecule has 7 N–H and O–H groups in total. The maximum absolute atomic E-state index is 15.0. The average molecular weight is 757 g/mol. The van der Waals surface area contributed by atoms with Gasteiger partial charge < -0.3 is 36.8 Å². The molecular formula is C42H60N8O5. The minimum absolute atomic E-state index is 0.0432. The molecule has 4 atom stereocenters. The summed E-state index contributed by atoms with van der Waals surface area (Å²) in [6, 6.07) is 13.8. The Hall–Kier alpha value is -4.94. The van der Waals surface area contributed by atoms with Crippen molar-refractivity contribution in [1.29, 1.82) is 5.41 Å². The number of carbonyl (C=O) groups excluding carboxylic acids is 5.